The molecule has 2 amide bonds. The summed E-state index contributed by atoms with van der Waals surface area (Å²) in [5.74, 6) is -0.727. The minimum atomic E-state index is -0.317. The van der Waals surface area contributed by atoms with Crippen LogP contribution in [0, 0.1) is 5.82 Å². The molecular weight excluding hydrogens is 383 g/mol. The first-order chi connectivity index (χ1) is 11.0. The molecule has 0 saturated carbocycles. The molecule has 0 bridgehead atoms. The van der Waals surface area contributed by atoms with E-state index >= 15 is 0 Å². The molecule has 0 saturated heterocycles. The first kappa shape index (κ1) is 17.5. The van der Waals surface area contributed by atoms with Crippen molar-refractivity contribution in [3.8, 4) is 0 Å². The van der Waals surface area contributed by atoms with E-state index in [0.29, 0.717) is 5.69 Å². The third-order valence-corrected chi connectivity index (χ3v) is 4.48. The highest BCUT2D eigenvalue weighted by Gasteiger charge is 2.08. The van der Waals surface area contributed by atoms with Crippen molar-refractivity contribution in [1.82, 2.24) is 5.32 Å². The molecule has 2 aromatic carbocycles. The second-order valence-corrected chi connectivity index (χ2v) is 6.45. The predicted octanol–water partition coefficient (Wildman–Crippen LogP) is 3.44. The zero-order valence-corrected chi connectivity index (χ0v) is 14.4. The summed E-state index contributed by atoms with van der Waals surface area (Å²) >= 11 is 4.61. The second-order valence-electron chi connectivity index (χ2n) is 4.55. The molecule has 0 aliphatic heterocycles. The Morgan fingerprint density at radius 1 is 1.04 bits per heavy atom. The number of rotatable bonds is 6. The van der Waals surface area contributed by atoms with Gasteiger partial charge in [0.2, 0.25) is 11.8 Å². The lowest BCUT2D eigenvalue weighted by Crippen LogP contribution is -2.33. The summed E-state index contributed by atoms with van der Waals surface area (Å²) in [4.78, 5) is 24.3. The van der Waals surface area contributed by atoms with Crippen LogP contribution in [0.3, 0.4) is 0 Å². The van der Waals surface area contributed by atoms with Crippen molar-refractivity contribution in [1.29, 1.82) is 0 Å². The summed E-state index contributed by atoms with van der Waals surface area (Å²) in [7, 11) is 0. The molecule has 0 atom stereocenters. The Kier molecular flexibility index (Phi) is 6.61. The average molecular weight is 397 g/mol. The quantitative estimate of drug-likeness (QED) is 0.735. The maximum Gasteiger partial charge on any atom is 0.243 e. The van der Waals surface area contributed by atoms with Crippen molar-refractivity contribution in [2.75, 3.05) is 17.6 Å². The van der Waals surface area contributed by atoms with Crippen LogP contribution in [-0.2, 0) is 9.59 Å². The van der Waals surface area contributed by atoms with Gasteiger partial charge in [0, 0.05) is 9.37 Å². The number of hydrogen-bond donors (Lipinski definition) is 2. The van der Waals surface area contributed by atoms with Crippen LogP contribution in [0.2, 0.25) is 0 Å². The van der Waals surface area contributed by atoms with E-state index in [1.54, 1.807) is 24.3 Å². The molecule has 23 heavy (non-hydrogen) atoms. The molecule has 120 valence electrons. The number of anilines is 1. The zero-order valence-electron chi connectivity index (χ0n) is 12.0. The van der Waals surface area contributed by atoms with Gasteiger partial charge in [-0.3, -0.25) is 9.59 Å². The summed E-state index contributed by atoms with van der Waals surface area (Å²) in [5, 5.41) is 5.24. The number of halogens is 2. The van der Waals surface area contributed by atoms with Crippen LogP contribution in [0.15, 0.2) is 57.9 Å². The molecule has 0 heterocycles. The largest absolute Gasteiger partial charge is 0.346 e. The van der Waals surface area contributed by atoms with Gasteiger partial charge in [-0.25, -0.2) is 4.39 Å². The first-order valence-corrected chi connectivity index (χ1v) is 8.52. The lowest BCUT2D eigenvalue weighted by molar-refractivity contribution is -0.122. The van der Waals surface area contributed by atoms with E-state index in [-0.39, 0.29) is 29.9 Å². The van der Waals surface area contributed by atoms with Crippen molar-refractivity contribution in [2.24, 2.45) is 0 Å². The van der Waals surface area contributed by atoms with E-state index in [4.69, 9.17) is 0 Å². The Morgan fingerprint density at radius 2 is 1.74 bits per heavy atom. The third kappa shape index (κ3) is 6.03. The smallest absolute Gasteiger partial charge is 0.243 e. The van der Waals surface area contributed by atoms with Crippen molar-refractivity contribution >= 4 is 45.2 Å². The van der Waals surface area contributed by atoms with Gasteiger partial charge in [-0.1, -0.05) is 12.1 Å². The molecule has 0 radical (unpaired) electrons. The summed E-state index contributed by atoms with van der Waals surface area (Å²) in [6, 6.07) is 13.1. The van der Waals surface area contributed by atoms with Crippen molar-refractivity contribution in [3.63, 3.8) is 0 Å². The molecule has 4 nitrogen and oxygen atoms in total. The number of hydrogen-bond acceptors (Lipinski definition) is 3. The summed E-state index contributed by atoms with van der Waals surface area (Å²) in [6.45, 7) is -0.107. The number of nitrogens with one attached hydrogen (secondary N) is 2. The van der Waals surface area contributed by atoms with Crippen molar-refractivity contribution < 1.29 is 14.0 Å². The monoisotopic (exact) mass is 396 g/mol. The normalized spacial score (nSPS) is 10.2. The van der Waals surface area contributed by atoms with Crippen LogP contribution in [0.25, 0.3) is 0 Å². The molecule has 2 aromatic rings. The van der Waals surface area contributed by atoms with Crippen LogP contribution in [0.1, 0.15) is 0 Å². The molecule has 0 spiro atoms. The van der Waals surface area contributed by atoms with E-state index in [9.17, 15) is 14.0 Å². The topological polar surface area (TPSA) is 58.2 Å². The molecule has 2 N–H and O–H groups in total. The lowest BCUT2D eigenvalue weighted by Gasteiger charge is -2.08. The summed E-state index contributed by atoms with van der Waals surface area (Å²) < 4.78 is 13.5. The third-order valence-electron chi connectivity index (χ3n) is 2.78. The van der Waals surface area contributed by atoms with Gasteiger partial charge in [0.25, 0.3) is 0 Å². The Hall–Kier alpha value is -1.86. The highest BCUT2D eigenvalue weighted by molar-refractivity contribution is 9.10. The van der Waals surface area contributed by atoms with Gasteiger partial charge in [-0.15, -0.1) is 11.8 Å². The number of para-hydroxylation sites is 1. The van der Waals surface area contributed by atoms with Crippen LogP contribution < -0.4 is 10.6 Å². The molecule has 0 aliphatic rings. The molecular formula is C16H14BrFN2O2S. The minimum absolute atomic E-state index is 0.107. The Bertz CT molecular complexity index is 695. The fourth-order valence-electron chi connectivity index (χ4n) is 1.67. The summed E-state index contributed by atoms with van der Waals surface area (Å²) in [6.07, 6.45) is 0. The minimum Gasteiger partial charge on any atom is -0.346 e. The highest BCUT2D eigenvalue weighted by Crippen LogP contribution is 2.21. The van der Waals surface area contributed by atoms with Gasteiger partial charge < -0.3 is 10.6 Å². The van der Waals surface area contributed by atoms with Gasteiger partial charge in [-0.05, 0) is 52.3 Å². The van der Waals surface area contributed by atoms with E-state index in [1.165, 1.54) is 23.9 Å². The average Bonchev–Trinajstić information content (AvgIpc) is 2.54. The molecule has 0 fully saturated rings. The molecule has 2 rings (SSSR count). The predicted molar refractivity (Wildman–Crippen MR) is 92.9 cm³/mol. The Labute approximate surface area is 146 Å². The molecule has 0 aromatic heterocycles. The van der Waals surface area contributed by atoms with E-state index < -0.39 is 0 Å². The standard InChI is InChI=1S/C16H14BrFN2O2S/c17-13-3-1-2-4-14(13)20-15(21)9-19-16(22)10-23-12-7-5-11(18)6-8-12/h1-8H,9-10H2,(H,19,22)(H,20,21). The van der Waals surface area contributed by atoms with E-state index in [0.717, 1.165) is 9.37 Å². The SMILES string of the molecule is O=C(CSc1ccc(F)cc1)NCC(=O)Nc1ccccc1Br. The maximum atomic E-state index is 12.8. The van der Waals surface area contributed by atoms with Gasteiger partial charge in [-0.2, -0.15) is 0 Å². The number of thioether (sulfide) groups is 1. The number of carbonyl (C=O) groups excluding carboxylic acids is 2. The first-order valence-electron chi connectivity index (χ1n) is 6.74. The molecule has 0 unspecified atom stereocenters. The maximum absolute atomic E-state index is 12.8. The van der Waals surface area contributed by atoms with Crippen molar-refractivity contribution in [2.45, 2.75) is 4.90 Å². The lowest BCUT2D eigenvalue weighted by atomic mass is 10.3. The van der Waals surface area contributed by atoms with Gasteiger partial charge in [0.05, 0.1) is 18.0 Å². The van der Waals surface area contributed by atoms with Gasteiger partial charge >= 0.3 is 0 Å². The van der Waals surface area contributed by atoms with Gasteiger partial charge in [0.15, 0.2) is 0 Å². The number of carbonyl (C=O) groups is 2. The van der Waals surface area contributed by atoms with Crippen LogP contribution in [0.5, 0.6) is 0 Å². The fourth-order valence-corrected chi connectivity index (χ4v) is 2.78. The molecule has 7 heteroatoms. The van der Waals surface area contributed by atoms with Crippen LogP contribution in [-0.4, -0.2) is 24.1 Å². The number of benzene rings is 2. The summed E-state index contributed by atoms with van der Waals surface area (Å²) in [5.41, 5.74) is 0.646. The van der Waals surface area contributed by atoms with Gasteiger partial charge in [0.1, 0.15) is 5.82 Å². The Balaban J connectivity index is 1.72. The highest BCUT2D eigenvalue weighted by atomic mass is 79.9. The van der Waals surface area contributed by atoms with Crippen molar-refractivity contribution in [3.05, 3.63) is 58.8 Å². The van der Waals surface area contributed by atoms with E-state index in [2.05, 4.69) is 26.6 Å². The second kappa shape index (κ2) is 8.69. The number of amides is 2. The zero-order chi connectivity index (χ0) is 16.7. The van der Waals surface area contributed by atoms with Crippen LogP contribution >= 0.6 is 27.7 Å². The Morgan fingerprint density at radius 3 is 2.43 bits per heavy atom. The fraction of sp³-hybridized carbons (Fsp3) is 0.125. The molecule has 0 aliphatic carbocycles. The van der Waals surface area contributed by atoms with Crippen LogP contribution in [0.4, 0.5) is 10.1 Å². The van der Waals surface area contributed by atoms with E-state index in [1.807, 2.05) is 12.1 Å².